The summed E-state index contributed by atoms with van der Waals surface area (Å²) >= 11 is 2.84. The van der Waals surface area contributed by atoms with E-state index in [1.54, 1.807) is 13.1 Å². The van der Waals surface area contributed by atoms with Crippen molar-refractivity contribution in [2.75, 3.05) is 11.9 Å². The van der Waals surface area contributed by atoms with Crippen molar-refractivity contribution in [3.8, 4) is 0 Å². The van der Waals surface area contributed by atoms with Crippen LogP contribution in [0.1, 0.15) is 72.1 Å². The van der Waals surface area contributed by atoms with E-state index in [1.807, 2.05) is 6.92 Å². The number of carbonyl (C=O) groups excluding carboxylic acids is 2. The molecule has 162 valence electrons. The first-order valence-electron chi connectivity index (χ1n) is 10.9. The van der Waals surface area contributed by atoms with Crippen molar-refractivity contribution < 1.29 is 14.3 Å². The summed E-state index contributed by atoms with van der Waals surface area (Å²) in [5.41, 5.74) is 0. The van der Waals surface area contributed by atoms with Gasteiger partial charge in [0.2, 0.25) is 0 Å². The number of thiazole rings is 1. The number of anilines is 1. The van der Waals surface area contributed by atoms with E-state index in [0.717, 1.165) is 35.8 Å². The molecule has 1 atom stereocenters. The number of carbonyl (C=O) groups is 2. The van der Waals surface area contributed by atoms with Gasteiger partial charge in [-0.15, -0.1) is 0 Å². The number of rotatable bonds is 7. The van der Waals surface area contributed by atoms with E-state index < -0.39 is 0 Å². The molecule has 1 N–H and O–H groups in total. The van der Waals surface area contributed by atoms with Crippen LogP contribution in [-0.4, -0.2) is 45.8 Å². The molecule has 0 saturated heterocycles. The first-order valence-corrected chi connectivity index (χ1v) is 12.6. The van der Waals surface area contributed by atoms with Gasteiger partial charge in [0, 0.05) is 12.1 Å². The van der Waals surface area contributed by atoms with E-state index in [-0.39, 0.29) is 17.3 Å². The Morgan fingerprint density at radius 2 is 1.90 bits per heavy atom. The molecule has 2 amide bonds. The third-order valence-electron chi connectivity index (χ3n) is 5.94. The van der Waals surface area contributed by atoms with Crippen molar-refractivity contribution in [2.45, 2.75) is 93.7 Å². The predicted molar refractivity (Wildman–Crippen MR) is 119 cm³/mol. The molecule has 1 aromatic heterocycles. The number of nitrogens with one attached hydrogen (secondary N) is 1. The van der Waals surface area contributed by atoms with Crippen molar-refractivity contribution in [1.29, 1.82) is 0 Å². The first kappa shape index (κ1) is 22.4. The smallest absolute Gasteiger partial charge is 0.324 e. The highest BCUT2D eigenvalue weighted by Crippen LogP contribution is 2.35. The third kappa shape index (κ3) is 6.10. The Morgan fingerprint density at radius 1 is 1.24 bits per heavy atom. The highest BCUT2D eigenvalue weighted by atomic mass is 32.2. The van der Waals surface area contributed by atoms with Crippen molar-refractivity contribution >= 4 is 40.2 Å². The summed E-state index contributed by atoms with van der Waals surface area (Å²) < 4.78 is 5.96. The highest BCUT2D eigenvalue weighted by molar-refractivity contribution is 8.02. The Kier molecular flexibility index (Phi) is 8.24. The number of nitrogens with zero attached hydrogens (tertiary/aromatic N) is 2. The molecule has 1 heterocycles. The number of esters is 1. The van der Waals surface area contributed by atoms with Crippen LogP contribution in [0.25, 0.3) is 0 Å². The van der Waals surface area contributed by atoms with Gasteiger partial charge in [0.1, 0.15) is 5.25 Å². The molecule has 2 fully saturated rings. The van der Waals surface area contributed by atoms with Gasteiger partial charge in [0.05, 0.1) is 17.0 Å². The van der Waals surface area contributed by atoms with E-state index >= 15 is 0 Å². The SMILES string of the molecule is CCOC(=O)C(C)Sc1cnc(NC(=O)N(C2CCCC2)[C@H]2CC[C@H](C)CC2)s1. The minimum atomic E-state index is -0.293. The Labute approximate surface area is 182 Å². The maximum atomic E-state index is 13.2. The standard InChI is InChI=1S/C21H33N3O3S2/c1-4-27-19(25)15(3)28-18-13-22-20(29-18)23-21(26)24(16-7-5-6-8-16)17-11-9-14(2)10-12-17/h13-17H,4-12H2,1-3H3,(H,22,23,26)/t14-,15?,17-. The van der Waals surface area contributed by atoms with Crippen LogP contribution in [0.5, 0.6) is 0 Å². The van der Waals surface area contributed by atoms with Crippen molar-refractivity contribution in [2.24, 2.45) is 5.92 Å². The molecule has 29 heavy (non-hydrogen) atoms. The predicted octanol–water partition coefficient (Wildman–Crippen LogP) is 5.54. The number of urea groups is 1. The van der Waals surface area contributed by atoms with E-state index in [0.29, 0.717) is 23.8 Å². The summed E-state index contributed by atoms with van der Waals surface area (Å²) in [6, 6.07) is 0.679. The maximum absolute atomic E-state index is 13.2. The lowest BCUT2D eigenvalue weighted by Gasteiger charge is -2.39. The molecule has 0 spiro atoms. The summed E-state index contributed by atoms with van der Waals surface area (Å²) in [6.07, 6.45) is 11.0. The van der Waals surface area contributed by atoms with Crippen LogP contribution in [0.4, 0.5) is 9.93 Å². The normalized spacial score (nSPS) is 23.6. The van der Waals surface area contributed by atoms with E-state index in [9.17, 15) is 9.59 Å². The quantitative estimate of drug-likeness (QED) is 0.446. The Balaban J connectivity index is 1.62. The van der Waals surface area contributed by atoms with Crippen molar-refractivity contribution in [3.05, 3.63) is 6.20 Å². The van der Waals surface area contributed by atoms with Crippen LogP contribution in [0, 0.1) is 5.92 Å². The minimum Gasteiger partial charge on any atom is -0.465 e. The fourth-order valence-corrected chi connectivity index (χ4v) is 6.37. The van der Waals surface area contributed by atoms with Gasteiger partial charge in [-0.2, -0.15) is 0 Å². The average molecular weight is 440 g/mol. The average Bonchev–Trinajstić information content (AvgIpc) is 3.36. The lowest BCUT2D eigenvalue weighted by atomic mass is 9.86. The zero-order valence-corrected chi connectivity index (χ0v) is 19.3. The summed E-state index contributed by atoms with van der Waals surface area (Å²) in [6.45, 7) is 6.32. The summed E-state index contributed by atoms with van der Waals surface area (Å²) in [5.74, 6) is 0.537. The molecule has 0 aliphatic heterocycles. The maximum Gasteiger partial charge on any atom is 0.324 e. The lowest BCUT2D eigenvalue weighted by Crippen LogP contribution is -2.49. The Bertz CT molecular complexity index is 682. The number of ether oxygens (including phenoxy) is 1. The molecule has 1 aromatic rings. The number of hydrogen-bond acceptors (Lipinski definition) is 6. The van der Waals surface area contributed by atoms with E-state index in [2.05, 4.69) is 22.1 Å². The fraction of sp³-hybridized carbons (Fsp3) is 0.762. The number of amides is 2. The van der Waals surface area contributed by atoms with Gasteiger partial charge in [0.15, 0.2) is 5.13 Å². The van der Waals surface area contributed by atoms with Gasteiger partial charge < -0.3 is 9.64 Å². The zero-order chi connectivity index (χ0) is 20.8. The van der Waals surface area contributed by atoms with E-state index in [1.165, 1.54) is 48.8 Å². The molecular weight excluding hydrogens is 406 g/mol. The summed E-state index contributed by atoms with van der Waals surface area (Å²) in [5, 5.41) is 3.34. The van der Waals surface area contributed by atoms with Gasteiger partial charge in [-0.3, -0.25) is 10.1 Å². The van der Waals surface area contributed by atoms with Crippen LogP contribution < -0.4 is 5.32 Å². The summed E-state index contributed by atoms with van der Waals surface area (Å²) in [7, 11) is 0. The molecular formula is C21H33N3O3S2. The monoisotopic (exact) mass is 439 g/mol. The molecule has 2 aliphatic carbocycles. The summed E-state index contributed by atoms with van der Waals surface area (Å²) in [4.78, 5) is 31.5. The van der Waals surface area contributed by atoms with Gasteiger partial charge in [-0.05, 0) is 58.3 Å². The van der Waals surface area contributed by atoms with Gasteiger partial charge in [-0.1, -0.05) is 42.9 Å². The molecule has 1 unspecified atom stereocenters. The second-order valence-electron chi connectivity index (χ2n) is 8.19. The number of thioether (sulfide) groups is 1. The highest BCUT2D eigenvalue weighted by Gasteiger charge is 2.34. The minimum absolute atomic E-state index is 0.0132. The zero-order valence-electron chi connectivity index (χ0n) is 17.7. The van der Waals surface area contributed by atoms with Crippen molar-refractivity contribution in [1.82, 2.24) is 9.88 Å². The van der Waals surface area contributed by atoms with Crippen LogP contribution in [0.3, 0.4) is 0 Å². The topological polar surface area (TPSA) is 71.5 Å². The molecule has 8 heteroatoms. The van der Waals surface area contributed by atoms with Crippen LogP contribution >= 0.6 is 23.1 Å². The number of aromatic nitrogens is 1. The molecule has 0 radical (unpaired) electrons. The van der Waals surface area contributed by atoms with Crippen molar-refractivity contribution in [3.63, 3.8) is 0 Å². The van der Waals surface area contributed by atoms with Gasteiger partial charge in [0.25, 0.3) is 0 Å². The molecule has 0 aromatic carbocycles. The molecule has 2 saturated carbocycles. The largest absolute Gasteiger partial charge is 0.465 e. The van der Waals surface area contributed by atoms with E-state index in [4.69, 9.17) is 4.74 Å². The Morgan fingerprint density at radius 3 is 2.55 bits per heavy atom. The van der Waals surface area contributed by atoms with Crippen LogP contribution in [0.2, 0.25) is 0 Å². The number of hydrogen-bond donors (Lipinski definition) is 1. The molecule has 2 aliphatic rings. The molecule has 3 rings (SSSR count). The second kappa shape index (κ2) is 10.7. The van der Waals surface area contributed by atoms with Crippen LogP contribution in [-0.2, 0) is 9.53 Å². The van der Waals surface area contributed by atoms with Gasteiger partial charge >= 0.3 is 12.0 Å². The van der Waals surface area contributed by atoms with Crippen LogP contribution in [0.15, 0.2) is 10.4 Å². The fourth-order valence-electron chi connectivity index (χ4n) is 4.34. The third-order valence-corrected chi connectivity index (χ3v) is 8.07. The lowest BCUT2D eigenvalue weighted by molar-refractivity contribution is -0.142. The molecule has 6 nitrogen and oxygen atoms in total. The molecule has 0 bridgehead atoms. The van der Waals surface area contributed by atoms with Gasteiger partial charge in [-0.25, -0.2) is 9.78 Å². The Hall–Kier alpha value is -1.28. The first-order chi connectivity index (χ1) is 14.0. The second-order valence-corrected chi connectivity index (χ2v) is 10.9.